The number of anilines is 1. The van der Waals surface area contributed by atoms with Crippen molar-refractivity contribution in [1.82, 2.24) is 5.32 Å². The highest BCUT2D eigenvalue weighted by Crippen LogP contribution is 2.34. The number of sulfone groups is 1. The Morgan fingerprint density at radius 1 is 1.23 bits per heavy atom. The molecule has 1 aromatic carbocycles. The lowest BCUT2D eigenvalue weighted by atomic mass is 10.1. The number of urea groups is 1. The molecule has 0 aromatic heterocycles. The lowest BCUT2D eigenvalue weighted by Crippen LogP contribution is -2.45. The van der Waals surface area contributed by atoms with Crippen LogP contribution in [-0.2, 0) is 16.0 Å². The molecule has 0 spiro atoms. The molecule has 122 valence electrons. The van der Waals surface area contributed by atoms with Gasteiger partial charge in [-0.1, -0.05) is 12.1 Å². The van der Waals surface area contributed by atoms with Gasteiger partial charge in [-0.3, -0.25) is 0 Å². The number of alkyl halides is 3. The predicted molar refractivity (Wildman–Crippen MR) is 75.3 cm³/mol. The Balaban J connectivity index is 2.04. The molecule has 1 fully saturated rings. The number of amides is 2. The van der Waals surface area contributed by atoms with Gasteiger partial charge in [0.15, 0.2) is 9.84 Å². The Morgan fingerprint density at radius 2 is 1.91 bits per heavy atom. The third-order valence-electron chi connectivity index (χ3n) is 3.28. The fourth-order valence-corrected chi connectivity index (χ4v) is 3.96. The van der Waals surface area contributed by atoms with E-state index in [9.17, 15) is 26.4 Å². The number of hydrogen-bond acceptors (Lipinski definition) is 3. The molecule has 2 N–H and O–H groups in total. The molecule has 0 unspecified atom stereocenters. The molecule has 0 radical (unpaired) electrons. The summed E-state index contributed by atoms with van der Waals surface area (Å²) < 4.78 is 61.4. The monoisotopic (exact) mass is 336 g/mol. The standard InChI is InChI=1S/C13H15F3N2O3S/c14-13(15,16)10-5-1-2-6-11(10)18-12(19)17-9-4-3-7-22(20,21)8-9/h1-2,5-6,9H,3-4,7-8H2,(H2,17,18,19)/t9-/m0/s1. The van der Waals surface area contributed by atoms with Gasteiger partial charge in [0.2, 0.25) is 0 Å². The number of carbonyl (C=O) groups is 1. The maximum atomic E-state index is 12.8. The van der Waals surface area contributed by atoms with Crippen LogP contribution in [0.5, 0.6) is 0 Å². The number of hydrogen-bond donors (Lipinski definition) is 2. The van der Waals surface area contributed by atoms with Crippen molar-refractivity contribution in [1.29, 1.82) is 0 Å². The van der Waals surface area contributed by atoms with Crippen molar-refractivity contribution in [2.75, 3.05) is 16.8 Å². The third kappa shape index (κ3) is 4.36. The van der Waals surface area contributed by atoms with Crippen LogP contribution in [0.25, 0.3) is 0 Å². The van der Waals surface area contributed by atoms with Crippen LogP contribution < -0.4 is 10.6 Å². The van der Waals surface area contributed by atoms with E-state index >= 15 is 0 Å². The second kappa shape index (κ2) is 6.15. The SMILES string of the molecule is O=C(Nc1ccccc1C(F)(F)F)N[C@H]1CCCS(=O)(=O)C1. The topological polar surface area (TPSA) is 75.3 Å². The number of rotatable bonds is 2. The van der Waals surface area contributed by atoms with E-state index in [-0.39, 0.29) is 17.2 Å². The summed E-state index contributed by atoms with van der Waals surface area (Å²) in [6.07, 6.45) is -3.68. The number of para-hydroxylation sites is 1. The van der Waals surface area contributed by atoms with Crippen LogP contribution in [0.15, 0.2) is 24.3 Å². The zero-order valence-corrected chi connectivity index (χ0v) is 12.3. The van der Waals surface area contributed by atoms with E-state index in [4.69, 9.17) is 0 Å². The van der Waals surface area contributed by atoms with Gasteiger partial charge in [-0.25, -0.2) is 13.2 Å². The van der Waals surface area contributed by atoms with Crippen LogP contribution in [0, 0.1) is 0 Å². The molecule has 9 heteroatoms. The number of carbonyl (C=O) groups excluding carboxylic acids is 1. The van der Waals surface area contributed by atoms with Crippen LogP contribution in [0.3, 0.4) is 0 Å². The summed E-state index contributed by atoms with van der Waals surface area (Å²) in [5, 5.41) is 4.53. The fraction of sp³-hybridized carbons (Fsp3) is 0.462. The van der Waals surface area contributed by atoms with Gasteiger partial charge in [0.05, 0.1) is 22.8 Å². The van der Waals surface area contributed by atoms with Crippen LogP contribution in [-0.4, -0.2) is 32.0 Å². The molecule has 0 bridgehead atoms. The lowest BCUT2D eigenvalue weighted by Gasteiger charge is -2.23. The molecule has 22 heavy (non-hydrogen) atoms. The smallest absolute Gasteiger partial charge is 0.334 e. The minimum Gasteiger partial charge on any atom is -0.334 e. The summed E-state index contributed by atoms with van der Waals surface area (Å²) >= 11 is 0. The summed E-state index contributed by atoms with van der Waals surface area (Å²) in [5.74, 6) is -0.120. The Kier molecular flexibility index (Phi) is 4.64. The third-order valence-corrected chi connectivity index (χ3v) is 5.10. The summed E-state index contributed by atoms with van der Waals surface area (Å²) in [5.41, 5.74) is -1.33. The van der Waals surface area contributed by atoms with Gasteiger partial charge < -0.3 is 10.6 Å². The number of halogens is 3. The van der Waals surface area contributed by atoms with E-state index < -0.39 is 33.6 Å². The van der Waals surface area contributed by atoms with Gasteiger partial charge in [-0.2, -0.15) is 13.2 Å². The van der Waals surface area contributed by atoms with E-state index in [1.807, 2.05) is 0 Å². The first-order chi connectivity index (χ1) is 10.2. The molecule has 5 nitrogen and oxygen atoms in total. The minimum atomic E-state index is -4.59. The Bertz CT molecular complexity index is 659. The van der Waals surface area contributed by atoms with Gasteiger partial charge in [0, 0.05) is 6.04 Å². The molecular formula is C13H15F3N2O3S. The summed E-state index contributed by atoms with van der Waals surface area (Å²) in [4.78, 5) is 11.8. The normalized spacial score (nSPS) is 21.1. The quantitative estimate of drug-likeness (QED) is 0.871. The zero-order valence-electron chi connectivity index (χ0n) is 11.5. The molecule has 1 aliphatic heterocycles. The minimum absolute atomic E-state index is 0.0731. The van der Waals surface area contributed by atoms with Gasteiger partial charge >= 0.3 is 12.2 Å². The van der Waals surface area contributed by atoms with E-state index in [1.165, 1.54) is 12.1 Å². The van der Waals surface area contributed by atoms with Gasteiger partial charge in [0.25, 0.3) is 0 Å². The first-order valence-electron chi connectivity index (χ1n) is 6.61. The highest BCUT2D eigenvalue weighted by atomic mass is 32.2. The Hall–Kier alpha value is -1.77. The van der Waals surface area contributed by atoms with Crippen LogP contribution in [0.2, 0.25) is 0 Å². The van der Waals surface area contributed by atoms with Crippen molar-refractivity contribution in [3.05, 3.63) is 29.8 Å². The van der Waals surface area contributed by atoms with Crippen molar-refractivity contribution >= 4 is 21.6 Å². The zero-order chi connectivity index (χ0) is 16.4. The highest BCUT2D eigenvalue weighted by molar-refractivity contribution is 7.91. The molecule has 2 rings (SSSR count). The van der Waals surface area contributed by atoms with Crippen LogP contribution in [0.4, 0.5) is 23.7 Å². The van der Waals surface area contributed by atoms with E-state index in [1.54, 1.807) is 0 Å². The molecule has 0 saturated carbocycles. The largest absolute Gasteiger partial charge is 0.418 e. The first-order valence-corrected chi connectivity index (χ1v) is 8.44. The molecule has 1 aliphatic rings. The Labute approximate surface area is 125 Å². The van der Waals surface area contributed by atoms with Crippen molar-refractivity contribution in [3.63, 3.8) is 0 Å². The summed E-state index contributed by atoms with van der Waals surface area (Å²) in [6, 6.07) is 3.16. The van der Waals surface area contributed by atoms with Gasteiger partial charge in [-0.15, -0.1) is 0 Å². The van der Waals surface area contributed by atoms with Crippen molar-refractivity contribution in [2.24, 2.45) is 0 Å². The van der Waals surface area contributed by atoms with Gasteiger partial charge in [0.1, 0.15) is 0 Å². The Morgan fingerprint density at radius 3 is 2.55 bits per heavy atom. The van der Waals surface area contributed by atoms with E-state index in [0.717, 1.165) is 12.1 Å². The molecule has 1 heterocycles. The number of nitrogens with one attached hydrogen (secondary N) is 2. The highest BCUT2D eigenvalue weighted by Gasteiger charge is 2.34. The number of benzene rings is 1. The molecule has 1 atom stereocenters. The molecule has 0 aliphatic carbocycles. The van der Waals surface area contributed by atoms with Gasteiger partial charge in [-0.05, 0) is 25.0 Å². The average Bonchev–Trinajstić information content (AvgIpc) is 2.36. The molecule has 2 amide bonds. The van der Waals surface area contributed by atoms with Crippen molar-refractivity contribution in [3.8, 4) is 0 Å². The first kappa shape index (κ1) is 16.6. The maximum absolute atomic E-state index is 12.8. The van der Waals surface area contributed by atoms with E-state index in [2.05, 4.69) is 10.6 Å². The molecule has 1 saturated heterocycles. The van der Waals surface area contributed by atoms with Crippen molar-refractivity contribution < 1.29 is 26.4 Å². The maximum Gasteiger partial charge on any atom is 0.418 e. The second-order valence-corrected chi connectivity index (χ2v) is 7.32. The van der Waals surface area contributed by atoms with E-state index in [0.29, 0.717) is 12.8 Å². The molecular weight excluding hydrogens is 321 g/mol. The average molecular weight is 336 g/mol. The predicted octanol–water partition coefficient (Wildman–Crippen LogP) is 2.40. The lowest BCUT2D eigenvalue weighted by molar-refractivity contribution is -0.136. The molecule has 1 aromatic rings. The second-order valence-electron chi connectivity index (χ2n) is 5.10. The summed E-state index contributed by atoms with van der Waals surface area (Å²) in [7, 11) is -3.20. The summed E-state index contributed by atoms with van der Waals surface area (Å²) in [6.45, 7) is 0. The fourth-order valence-electron chi connectivity index (χ4n) is 2.32. The van der Waals surface area contributed by atoms with Crippen molar-refractivity contribution in [2.45, 2.75) is 25.1 Å². The van der Waals surface area contributed by atoms with Crippen LogP contribution >= 0.6 is 0 Å². The van der Waals surface area contributed by atoms with Crippen LogP contribution in [0.1, 0.15) is 18.4 Å².